The molecule has 2 heteroatoms. The second kappa shape index (κ2) is 8.55. The second-order valence-corrected chi connectivity index (χ2v) is 6.12. The SMILES string of the molecule is CCCC(OCC)C(NCC)c1cccc(C2CCC2)c1. The van der Waals surface area contributed by atoms with Crippen LogP contribution in [-0.4, -0.2) is 19.3 Å². The maximum absolute atomic E-state index is 6.03. The summed E-state index contributed by atoms with van der Waals surface area (Å²) in [4.78, 5) is 0. The predicted molar refractivity (Wildman–Crippen MR) is 89.8 cm³/mol. The van der Waals surface area contributed by atoms with E-state index in [1.54, 1.807) is 0 Å². The van der Waals surface area contributed by atoms with Crippen molar-refractivity contribution in [3.63, 3.8) is 0 Å². The molecule has 2 atom stereocenters. The Kier molecular flexibility index (Phi) is 6.72. The summed E-state index contributed by atoms with van der Waals surface area (Å²) in [5.41, 5.74) is 2.92. The van der Waals surface area contributed by atoms with Crippen LogP contribution >= 0.6 is 0 Å². The quantitative estimate of drug-likeness (QED) is 0.704. The molecule has 0 aliphatic heterocycles. The molecule has 1 aromatic rings. The van der Waals surface area contributed by atoms with Crippen molar-refractivity contribution in [3.8, 4) is 0 Å². The molecule has 118 valence electrons. The highest BCUT2D eigenvalue weighted by molar-refractivity contribution is 5.30. The fourth-order valence-electron chi connectivity index (χ4n) is 3.28. The molecule has 1 saturated carbocycles. The van der Waals surface area contributed by atoms with E-state index in [9.17, 15) is 0 Å². The molecule has 1 N–H and O–H groups in total. The molecule has 0 aromatic heterocycles. The van der Waals surface area contributed by atoms with Crippen LogP contribution in [0.15, 0.2) is 24.3 Å². The van der Waals surface area contributed by atoms with Crippen LogP contribution in [0.2, 0.25) is 0 Å². The molecule has 0 amide bonds. The van der Waals surface area contributed by atoms with Crippen molar-refractivity contribution in [2.45, 2.75) is 70.9 Å². The second-order valence-electron chi connectivity index (χ2n) is 6.12. The van der Waals surface area contributed by atoms with Crippen LogP contribution in [0.3, 0.4) is 0 Å². The van der Waals surface area contributed by atoms with Gasteiger partial charge in [0.05, 0.1) is 12.1 Å². The lowest BCUT2D eigenvalue weighted by Gasteiger charge is -2.30. The molecular weight excluding hydrogens is 258 g/mol. The Balaban J connectivity index is 2.18. The van der Waals surface area contributed by atoms with Gasteiger partial charge in [0, 0.05) is 6.61 Å². The summed E-state index contributed by atoms with van der Waals surface area (Å²) in [6.07, 6.45) is 6.66. The normalized spacial score (nSPS) is 18.2. The predicted octanol–water partition coefficient (Wildman–Crippen LogP) is 4.81. The first-order chi connectivity index (χ1) is 10.3. The number of nitrogens with one attached hydrogen (secondary N) is 1. The van der Waals surface area contributed by atoms with Gasteiger partial charge in [0.15, 0.2) is 0 Å². The summed E-state index contributed by atoms with van der Waals surface area (Å²) in [6, 6.07) is 9.51. The lowest BCUT2D eigenvalue weighted by atomic mass is 9.79. The molecule has 1 aromatic carbocycles. The van der Waals surface area contributed by atoms with E-state index in [1.165, 1.54) is 30.4 Å². The Hall–Kier alpha value is -0.860. The van der Waals surface area contributed by atoms with Crippen LogP contribution in [0.5, 0.6) is 0 Å². The third-order valence-electron chi connectivity index (χ3n) is 4.60. The summed E-state index contributed by atoms with van der Waals surface area (Å²) in [6.45, 7) is 8.27. The molecule has 2 unspecified atom stereocenters. The number of likely N-dealkylation sites (N-methyl/N-ethyl adjacent to an activating group) is 1. The molecule has 0 radical (unpaired) electrons. The van der Waals surface area contributed by atoms with E-state index in [-0.39, 0.29) is 6.10 Å². The van der Waals surface area contributed by atoms with Gasteiger partial charge < -0.3 is 10.1 Å². The summed E-state index contributed by atoms with van der Waals surface area (Å²) >= 11 is 0. The maximum Gasteiger partial charge on any atom is 0.0769 e. The smallest absolute Gasteiger partial charge is 0.0769 e. The van der Waals surface area contributed by atoms with Gasteiger partial charge in [0.2, 0.25) is 0 Å². The topological polar surface area (TPSA) is 21.3 Å². The highest BCUT2D eigenvalue weighted by Gasteiger charge is 2.24. The van der Waals surface area contributed by atoms with E-state index in [2.05, 4.69) is 50.4 Å². The summed E-state index contributed by atoms with van der Waals surface area (Å²) in [5.74, 6) is 0.795. The first-order valence-electron chi connectivity index (χ1n) is 8.74. The summed E-state index contributed by atoms with van der Waals surface area (Å²) in [7, 11) is 0. The lowest BCUT2D eigenvalue weighted by Crippen LogP contribution is -2.34. The third-order valence-corrected chi connectivity index (χ3v) is 4.60. The van der Waals surface area contributed by atoms with Gasteiger partial charge in [0.25, 0.3) is 0 Å². The fourth-order valence-corrected chi connectivity index (χ4v) is 3.28. The Morgan fingerprint density at radius 2 is 2.05 bits per heavy atom. The molecule has 2 nitrogen and oxygen atoms in total. The van der Waals surface area contributed by atoms with Crippen LogP contribution in [0, 0.1) is 0 Å². The van der Waals surface area contributed by atoms with Gasteiger partial charge in [0.1, 0.15) is 0 Å². The number of ether oxygens (including phenoxy) is 1. The van der Waals surface area contributed by atoms with Gasteiger partial charge >= 0.3 is 0 Å². The van der Waals surface area contributed by atoms with E-state index in [0.717, 1.165) is 31.9 Å². The van der Waals surface area contributed by atoms with Gasteiger partial charge in [-0.1, -0.05) is 51.0 Å². The van der Waals surface area contributed by atoms with Crippen molar-refractivity contribution in [1.82, 2.24) is 5.32 Å². The first-order valence-corrected chi connectivity index (χ1v) is 8.74. The highest BCUT2D eigenvalue weighted by Crippen LogP contribution is 2.37. The average Bonchev–Trinajstić information content (AvgIpc) is 2.43. The number of benzene rings is 1. The molecule has 21 heavy (non-hydrogen) atoms. The van der Waals surface area contributed by atoms with Crippen LogP contribution < -0.4 is 5.32 Å². The van der Waals surface area contributed by atoms with Gasteiger partial charge in [-0.25, -0.2) is 0 Å². The van der Waals surface area contributed by atoms with Crippen LogP contribution in [0.25, 0.3) is 0 Å². The minimum absolute atomic E-state index is 0.275. The number of rotatable bonds is 9. The lowest BCUT2D eigenvalue weighted by molar-refractivity contribution is 0.0280. The van der Waals surface area contributed by atoms with Crippen molar-refractivity contribution in [3.05, 3.63) is 35.4 Å². The molecule has 1 fully saturated rings. The van der Waals surface area contributed by atoms with E-state index in [0.29, 0.717) is 6.04 Å². The van der Waals surface area contributed by atoms with Crippen LogP contribution in [0.4, 0.5) is 0 Å². The molecule has 0 spiro atoms. The van der Waals surface area contributed by atoms with E-state index < -0.39 is 0 Å². The van der Waals surface area contributed by atoms with Crippen molar-refractivity contribution >= 4 is 0 Å². The Bertz CT molecular complexity index is 408. The van der Waals surface area contributed by atoms with Crippen molar-refractivity contribution in [2.24, 2.45) is 0 Å². The van der Waals surface area contributed by atoms with Gasteiger partial charge in [-0.3, -0.25) is 0 Å². The van der Waals surface area contributed by atoms with Gasteiger partial charge in [-0.15, -0.1) is 0 Å². The van der Waals surface area contributed by atoms with Gasteiger partial charge in [-0.2, -0.15) is 0 Å². The molecule has 1 aliphatic rings. The molecule has 0 bridgehead atoms. The maximum atomic E-state index is 6.03. The standard InChI is InChI=1S/C19H31NO/c1-4-9-18(21-6-3)19(20-5-2)17-13-8-12-16(14-17)15-10-7-11-15/h8,12-15,18-20H,4-7,9-11H2,1-3H3. The van der Waals surface area contributed by atoms with Crippen molar-refractivity contribution < 1.29 is 4.74 Å². The minimum atomic E-state index is 0.275. The van der Waals surface area contributed by atoms with E-state index >= 15 is 0 Å². The van der Waals surface area contributed by atoms with Crippen LogP contribution in [0.1, 0.15) is 76.0 Å². The monoisotopic (exact) mass is 289 g/mol. The summed E-state index contributed by atoms with van der Waals surface area (Å²) in [5, 5.41) is 3.65. The van der Waals surface area contributed by atoms with E-state index in [1.807, 2.05) is 0 Å². The molecule has 0 saturated heterocycles. The van der Waals surface area contributed by atoms with Crippen molar-refractivity contribution in [1.29, 1.82) is 0 Å². The molecule has 2 rings (SSSR count). The minimum Gasteiger partial charge on any atom is -0.377 e. The van der Waals surface area contributed by atoms with Crippen molar-refractivity contribution in [2.75, 3.05) is 13.2 Å². The van der Waals surface area contributed by atoms with Gasteiger partial charge in [-0.05, 0) is 49.8 Å². The number of hydrogen-bond acceptors (Lipinski definition) is 2. The molecular formula is C19H31NO. The highest BCUT2D eigenvalue weighted by atomic mass is 16.5. The van der Waals surface area contributed by atoms with Crippen LogP contribution in [-0.2, 0) is 4.74 Å². The first kappa shape index (κ1) is 16.5. The molecule has 0 heterocycles. The zero-order valence-electron chi connectivity index (χ0n) is 13.9. The Labute approximate surface area is 130 Å². The Morgan fingerprint density at radius 3 is 2.62 bits per heavy atom. The summed E-state index contributed by atoms with van der Waals surface area (Å²) < 4.78 is 6.03. The molecule has 1 aliphatic carbocycles. The average molecular weight is 289 g/mol. The largest absolute Gasteiger partial charge is 0.377 e. The van der Waals surface area contributed by atoms with E-state index in [4.69, 9.17) is 4.74 Å². The number of hydrogen-bond donors (Lipinski definition) is 1. The fraction of sp³-hybridized carbons (Fsp3) is 0.684. The third kappa shape index (κ3) is 4.31. The Morgan fingerprint density at radius 1 is 1.24 bits per heavy atom. The zero-order valence-corrected chi connectivity index (χ0v) is 13.9. The zero-order chi connectivity index (χ0) is 15.1.